The molecule has 1 aliphatic carbocycles. The highest BCUT2D eigenvalue weighted by Crippen LogP contribution is 2.37. The van der Waals surface area contributed by atoms with Crippen LogP contribution in [0.15, 0.2) is 24.3 Å². The predicted molar refractivity (Wildman–Crippen MR) is 75.5 cm³/mol. The average Bonchev–Trinajstić information content (AvgIpc) is 3.07. The van der Waals surface area contributed by atoms with Gasteiger partial charge in [-0.1, -0.05) is 31.0 Å². The van der Waals surface area contributed by atoms with Crippen LogP contribution in [0.1, 0.15) is 37.2 Å². The Morgan fingerprint density at radius 3 is 2.84 bits per heavy atom. The summed E-state index contributed by atoms with van der Waals surface area (Å²) in [6.07, 6.45) is 4.84. The third-order valence-corrected chi connectivity index (χ3v) is 4.69. The molecule has 0 spiro atoms. The minimum Gasteiger partial charge on any atom is -0.493 e. The Morgan fingerprint density at radius 1 is 1.26 bits per heavy atom. The number of para-hydroxylation sites is 1. The van der Waals surface area contributed by atoms with Crippen LogP contribution in [-0.2, 0) is 0 Å². The lowest BCUT2D eigenvalue weighted by Gasteiger charge is -2.27. The van der Waals surface area contributed by atoms with Crippen molar-refractivity contribution in [1.82, 2.24) is 5.32 Å². The van der Waals surface area contributed by atoms with E-state index in [-0.39, 0.29) is 5.41 Å². The van der Waals surface area contributed by atoms with Crippen LogP contribution in [0, 0.1) is 5.41 Å². The molecule has 0 bridgehead atoms. The quantitative estimate of drug-likeness (QED) is 0.854. The summed E-state index contributed by atoms with van der Waals surface area (Å²) in [5.74, 6) is 1.49. The van der Waals surface area contributed by atoms with E-state index in [9.17, 15) is 5.11 Å². The summed E-state index contributed by atoms with van der Waals surface area (Å²) in [6, 6.07) is 8.30. The maximum Gasteiger partial charge on any atom is 0.122 e. The molecule has 1 saturated carbocycles. The molecule has 1 heterocycles. The average molecular weight is 261 g/mol. The van der Waals surface area contributed by atoms with Crippen molar-refractivity contribution in [3.63, 3.8) is 0 Å². The van der Waals surface area contributed by atoms with Gasteiger partial charge in [-0.3, -0.25) is 0 Å². The van der Waals surface area contributed by atoms with E-state index in [2.05, 4.69) is 17.4 Å². The van der Waals surface area contributed by atoms with Gasteiger partial charge in [0.05, 0.1) is 6.61 Å². The van der Waals surface area contributed by atoms with Crippen molar-refractivity contribution < 1.29 is 9.84 Å². The van der Waals surface area contributed by atoms with Crippen molar-refractivity contribution >= 4 is 0 Å². The zero-order valence-corrected chi connectivity index (χ0v) is 11.4. The number of hydrogen-bond donors (Lipinski definition) is 2. The standard InChI is InChI=1S/C16H23NO2/c18-12-16(7-3-4-8-16)11-17-9-13-10-19-15-6-2-1-5-14(13)15/h1-2,5-6,13,17-18H,3-4,7-12H2. The van der Waals surface area contributed by atoms with Crippen molar-refractivity contribution in [2.45, 2.75) is 31.6 Å². The molecule has 1 atom stereocenters. The Labute approximate surface area is 115 Å². The van der Waals surface area contributed by atoms with Crippen LogP contribution in [0.25, 0.3) is 0 Å². The molecule has 1 fully saturated rings. The molecule has 1 aliphatic heterocycles. The topological polar surface area (TPSA) is 41.5 Å². The first-order chi connectivity index (χ1) is 9.33. The molecule has 0 aromatic heterocycles. The van der Waals surface area contributed by atoms with Gasteiger partial charge in [-0.05, 0) is 18.9 Å². The second-order valence-corrected chi connectivity index (χ2v) is 6.04. The predicted octanol–water partition coefficient (Wildman–Crippen LogP) is 2.30. The van der Waals surface area contributed by atoms with E-state index >= 15 is 0 Å². The smallest absolute Gasteiger partial charge is 0.122 e. The van der Waals surface area contributed by atoms with Crippen LogP contribution >= 0.6 is 0 Å². The van der Waals surface area contributed by atoms with E-state index in [4.69, 9.17) is 4.74 Å². The Bertz CT molecular complexity index is 427. The van der Waals surface area contributed by atoms with Crippen LogP contribution in [-0.4, -0.2) is 31.4 Å². The Hall–Kier alpha value is -1.06. The normalized spacial score (nSPS) is 24.2. The summed E-state index contributed by atoms with van der Waals surface area (Å²) in [4.78, 5) is 0. The SMILES string of the molecule is OCC1(CNCC2COc3ccccc32)CCCC1. The first kappa shape index (κ1) is 12.9. The fourth-order valence-electron chi connectivity index (χ4n) is 3.43. The summed E-state index contributed by atoms with van der Waals surface area (Å²) >= 11 is 0. The van der Waals surface area contributed by atoms with Gasteiger partial charge in [-0.2, -0.15) is 0 Å². The van der Waals surface area contributed by atoms with Gasteiger partial charge in [0.25, 0.3) is 0 Å². The molecule has 0 radical (unpaired) electrons. The highest BCUT2D eigenvalue weighted by molar-refractivity contribution is 5.39. The number of aliphatic hydroxyl groups is 1. The van der Waals surface area contributed by atoms with Crippen molar-refractivity contribution in [2.24, 2.45) is 5.41 Å². The lowest BCUT2D eigenvalue weighted by molar-refractivity contribution is 0.127. The van der Waals surface area contributed by atoms with Gasteiger partial charge in [0.1, 0.15) is 5.75 Å². The molecular weight excluding hydrogens is 238 g/mol. The van der Waals surface area contributed by atoms with Crippen LogP contribution in [0.3, 0.4) is 0 Å². The van der Waals surface area contributed by atoms with Gasteiger partial charge in [-0.15, -0.1) is 0 Å². The number of nitrogens with one attached hydrogen (secondary N) is 1. The molecule has 1 aromatic rings. The monoisotopic (exact) mass is 261 g/mol. The molecule has 3 rings (SSSR count). The minimum atomic E-state index is 0.138. The zero-order valence-electron chi connectivity index (χ0n) is 11.4. The van der Waals surface area contributed by atoms with Crippen LogP contribution < -0.4 is 10.1 Å². The highest BCUT2D eigenvalue weighted by Gasteiger charge is 2.33. The Morgan fingerprint density at radius 2 is 2.05 bits per heavy atom. The number of fused-ring (bicyclic) bond motifs is 1. The summed E-state index contributed by atoms with van der Waals surface area (Å²) in [5, 5.41) is 13.2. The fraction of sp³-hybridized carbons (Fsp3) is 0.625. The second kappa shape index (κ2) is 5.51. The fourth-order valence-corrected chi connectivity index (χ4v) is 3.43. The lowest BCUT2D eigenvalue weighted by atomic mass is 9.87. The third kappa shape index (κ3) is 2.63. The van der Waals surface area contributed by atoms with Crippen LogP contribution in [0.5, 0.6) is 5.75 Å². The molecule has 2 N–H and O–H groups in total. The van der Waals surface area contributed by atoms with Gasteiger partial charge in [0, 0.05) is 36.6 Å². The minimum absolute atomic E-state index is 0.138. The summed E-state index contributed by atoms with van der Waals surface area (Å²) in [7, 11) is 0. The zero-order chi connectivity index (χ0) is 13.1. The molecule has 104 valence electrons. The van der Waals surface area contributed by atoms with Gasteiger partial charge in [0.15, 0.2) is 0 Å². The van der Waals surface area contributed by atoms with E-state index in [0.717, 1.165) is 38.3 Å². The molecule has 1 unspecified atom stereocenters. The van der Waals surface area contributed by atoms with Crippen LogP contribution in [0.2, 0.25) is 0 Å². The second-order valence-electron chi connectivity index (χ2n) is 6.04. The maximum atomic E-state index is 9.60. The molecular formula is C16H23NO2. The molecule has 0 amide bonds. The van der Waals surface area contributed by atoms with E-state index in [1.807, 2.05) is 12.1 Å². The van der Waals surface area contributed by atoms with E-state index in [1.54, 1.807) is 0 Å². The summed E-state index contributed by atoms with van der Waals surface area (Å²) in [6.45, 7) is 2.97. The van der Waals surface area contributed by atoms with Gasteiger partial charge < -0.3 is 15.2 Å². The van der Waals surface area contributed by atoms with Crippen LogP contribution in [0.4, 0.5) is 0 Å². The number of hydrogen-bond acceptors (Lipinski definition) is 3. The van der Waals surface area contributed by atoms with Crippen molar-refractivity contribution in [3.8, 4) is 5.75 Å². The first-order valence-electron chi connectivity index (χ1n) is 7.36. The molecule has 1 aromatic carbocycles. The van der Waals surface area contributed by atoms with E-state index in [0.29, 0.717) is 12.5 Å². The molecule has 3 nitrogen and oxygen atoms in total. The largest absolute Gasteiger partial charge is 0.493 e. The maximum absolute atomic E-state index is 9.60. The molecule has 19 heavy (non-hydrogen) atoms. The Balaban J connectivity index is 1.54. The number of ether oxygens (including phenoxy) is 1. The van der Waals surface area contributed by atoms with Crippen molar-refractivity contribution in [1.29, 1.82) is 0 Å². The molecule has 2 aliphatic rings. The highest BCUT2D eigenvalue weighted by atomic mass is 16.5. The van der Waals surface area contributed by atoms with Crippen molar-refractivity contribution in [3.05, 3.63) is 29.8 Å². The lowest BCUT2D eigenvalue weighted by Crippen LogP contribution is -2.37. The molecule has 0 saturated heterocycles. The number of rotatable bonds is 5. The van der Waals surface area contributed by atoms with E-state index in [1.165, 1.54) is 18.4 Å². The third-order valence-electron chi connectivity index (χ3n) is 4.69. The number of aliphatic hydroxyl groups excluding tert-OH is 1. The molecule has 3 heteroatoms. The van der Waals surface area contributed by atoms with Gasteiger partial charge in [0.2, 0.25) is 0 Å². The Kier molecular flexibility index (Phi) is 3.76. The van der Waals surface area contributed by atoms with Gasteiger partial charge in [-0.25, -0.2) is 0 Å². The number of benzene rings is 1. The van der Waals surface area contributed by atoms with E-state index < -0.39 is 0 Å². The van der Waals surface area contributed by atoms with Crippen molar-refractivity contribution in [2.75, 3.05) is 26.3 Å². The summed E-state index contributed by atoms with van der Waals surface area (Å²) in [5.41, 5.74) is 1.46. The van der Waals surface area contributed by atoms with Gasteiger partial charge >= 0.3 is 0 Å². The summed E-state index contributed by atoms with van der Waals surface area (Å²) < 4.78 is 5.70. The first-order valence-corrected chi connectivity index (χ1v) is 7.36.